The van der Waals surface area contributed by atoms with Crippen LogP contribution in [-0.2, 0) is 6.54 Å². The van der Waals surface area contributed by atoms with E-state index in [4.69, 9.17) is 0 Å². The SMILES string of the molecule is Cc1ccc(CNCCN(C)C2CC2)nc1. The Kier molecular flexibility index (Phi) is 3.91. The predicted molar refractivity (Wildman–Crippen MR) is 66.3 cm³/mol. The van der Waals surface area contributed by atoms with Crippen LogP contribution >= 0.6 is 0 Å². The number of aryl methyl sites for hydroxylation is 1. The standard InChI is InChI=1S/C13H21N3/c1-11-3-4-12(15-9-11)10-14-7-8-16(2)13-5-6-13/h3-4,9,13-14H,5-8,10H2,1-2H3. The first kappa shape index (κ1) is 11.6. The predicted octanol–water partition coefficient (Wildman–Crippen LogP) is 1.57. The van der Waals surface area contributed by atoms with E-state index < -0.39 is 0 Å². The molecule has 0 aromatic carbocycles. The molecule has 1 fully saturated rings. The molecule has 88 valence electrons. The fraction of sp³-hybridized carbons (Fsp3) is 0.615. The van der Waals surface area contributed by atoms with E-state index in [0.29, 0.717) is 0 Å². The summed E-state index contributed by atoms with van der Waals surface area (Å²) in [6, 6.07) is 5.06. The minimum absolute atomic E-state index is 0.860. The van der Waals surface area contributed by atoms with Crippen LogP contribution in [0.3, 0.4) is 0 Å². The molecule has 0 radical (unpaired) electrons. The summed E-state index contributed by atoms with van der Waals surface area (Å²) >= 11 is 0. The van der Waals surface area contributed by atoms with Crippen molar-refractivity contribution in [3.05, 3.63) is 29.6 Å². The fourth-order valence-corrected chi connectivity index (χ4v) is 1.77. The molecule has 0 spiro atoms. The Balaban J connectivity index is 1.62. The van der Waals surface area contributed by atoms with E-state index in [-0.39, 0.29) is 0 Å². The van der Waals surface area contributed by atoms with Crippen molar-refractivity contribution in [3.63, 3.8) is 0 Å². The maximum Gasteiger partial charge on any atom is 0.0541 e. The van der Waals surface area contributed by atoms with Crippen molar-refractivity contribution >= 4 is 0 Å². The van der Waals surface area contributed by atoms with E-state index in [1.165, 1.54) is 18.4 Å². The van der Waals surface area contributed by atoms with E-state index in [1.54, 1.807) is 0 Å². The van der Waals surface area contributed by atoms with Crippen molar-refractivity contribution in [1.82, 2.24) is 15.2 Å². The average Bonchev–Trinajstić information content (AvgIpc) is 3.10. The van der Waals surface area contributed by atoms with Crippen molar-refractivity contribution in [2.45, 2.75) is 32.4 Å². The minimum atomic E-state index is 0.860. The van der Waals surface area contributed by atoms with Crippen LogP contribution in [0, 0.1) is 6.92 Å². The number of rotatable bonds is 6. The topological polar surface area (TPSA) is 28.2 Å². The maximum atomic E-state index is 4.37. The van der Waals surface area contributed by atoms with E-state index in [1.807, 2.05) is 6.20 Å². The number of nitrogens with zero attached hydrogens (tertiary/aromatic N) is 2. The molecule has 0 amide bonds. The summed E-state index contributed by atoms with van der Waals surface area (Å²) in [7, 11) is 2.21. The zero-order valence-electron chi connectivity index (χ0n) is 10.2. The van der Waals surface area contributed by atoms with Crippen LogP contribution in [-0.4, -0.2) is 36.1 Å². The van der Waals surface area contributed by atoms with Gasteiger partial charge in [-0.05, 0) is 38.4 Å². The number of likely N-dealkylation sites (N-methyl/N-ethyl adjacent to an activating group) is 1. The summed E-state index contributed by atoms with van der Waals surface area (Å²) < 4.78 is 0. The highest BCUT2D eigenvalue weighted by Gasteiger charge is 2.25. The number of aromatic nitrogens is 1. The first-order valence-electron chi connectivity index (χ1n) is 6.08. The lowest BCUT2D eigenvalue weighted by molar-refractivity contribution is 0.321. The van der Waals surface area contributed by atoms with Crippen LogP contribution in [0.25, 0.3) is 0 Å². The molecule has 3 heteroatoms. The molecule has 1 heterocycles. The zero-order chi connectivity index (χ0) is 11.4. The van der Waals surface area contributed by atoms with Crippen molar-refractivity contribution in [3.8, 4) is 0 Å². The maximum absolute atomic E-state index is 4.37. The highest BCUT2D eigenvalue weighted by atomic mass is 15.2. The van der Waals surface area contributed by atoms with Gasteiger partial charge < -0.3 is 10.2 Å². The first-order valence-corrected chi connectivity index (χ1v) is 6.08. The molecule has 1 N–H and O–H groups in total. The Morgan fingerprint density at radius 1 is 1.44 bits per heavy atom. The van der Waals surface area contributed by atoms with Gasteiger partial charge in [0, 0.05) is 31.9 Å². The lowest BCUT2D eigenvalue weighted by Gasteiger charge is -2.15. The van der Waals surface area contributed by atoms with Crippen LogP contribution in [0.5, 0.6) is 0 Å². The molecule has 1 aliphatic carbocycles. The molecule has 0 atom stereocenters. The van der Waals surface area contributed by atoms with E-state index >= 15 is 0 Å². The molecule has 1 saturated carbocycles. The lowest BCUT2D eigenvalue weighted by Crippen LogP contribution is -2.30. The number of hydrogen-bond donors (Lipinski definition) is 1. The quantitative estimate of drug-likeness (QED) is 0.736. The van der Waals surface area contributed by atoms with Crippen LogP contribution in [0.15, 0.2) is 18.3 Å². The van der Waals surface area contributed by atoms with Gasteiger partial charge in [-0.1, -0.05) is 6.07 Å². The van der Waals surface area contributed by atoms with Crippen molar-refractivity contribution < 1.29 is 0 Å². The van der Waals surface area contributed by atoms with E-state index in [9.17, 15) is 0 Å². The Labute approximate surface area is 97.9 Å². The minimum Gasteiger partial charge on any atom is -0.310 e. The van der Waals surface area contributed by atoms with E-state index in [2.05, 4.69) is 41.3 Å². The highest BCUT2D eigenvalue weighted by molar-refractivity contribution is 5.11. The van der Waals surface area contributed by atoms with Gasteiger partial charge in [0.15, 0.2) is 0 Å². The van der Waals surface area contributed by atoms with Crippen LogP contribution in [0.1, 0.15) is 24.1 Å². The summed E-state index contributed by atoms with van der Waals surface area (Å²) in [6.45, 7) is 5.12. The van der Waals surface area contributed by atoms with Crippen molar-refractivity contribution in [2.75, 3.05) is 20.1 Å². The summed E-state index contributed by atoms with van der Waals surface area (Å²) in [4.78, 5) is 6.81. The molecule has 1 aromatic rings. The number of pyridine rings is 1. The number of nitrogens with one attached hydrogen (secondary N) is 1. The zero-order valence-corrected chi connectivity index (χ0v) is 10.2. The van der Waals surface area contributed by atoms with Gasteiger partial charge >= 0.3 is 0 Å². The van der Waals surface area contributed by atoms with Gasteiger partial charge in [0.1, 0.15) is 0 Å². The number of hydrogen-bond acceptors (Lipinski definition) is 3. The highest BCUT2D eigenvalue weighted by Crippen LogP contribution is 2.24. The monoisotopic (exact) mass is 219 g/mol. The second kappa shape index (κ2) is 5.41. The molecule has 0 unspecified atom stereocenters. The third-order valence-electron chi connectivity index (χ3n) is 3.09. The Morgan fingerprint density at radius 3 is 2.88 bits per heavy atom. The summed E-state index contributed by atoms with van der Waals surface area (Å²) in [5, 5.41) is 3.43. The third-order valence-corrected chi connectivity index (χ3v) is 3.09. The van der Waals surface area contributed by atoms with Gasteiger partial charge in [-0.3, -0.25) is 4.98 Å². The molecule has 0 saturated heterocycles. The molecule has 2 rings (SSSR count). The Bertz CT molecular complexity index is 316. The van der Waals surface area contributed by atoms with Crippen LogP contribution in [0.4, 0.5) is 0 Å². The lowest BCUT2D eigenvalue weighted by atomic mass is 10.3. The summed E-state index contributed by atoms with van der Waals surface area (Å²) in [5.74, 6) is 0. The first-order chi connectivity index (χ1) is 7.75. The van der Waals surface area contributed by atoms with Crippen molar-refractivity contribution in [1.29, 1.82) is 0 Å². The van der Waals surface area contributed by atoms with Crippen LogP contribution in [0.2, 0.25) is 0 Å². The second-order valence-corrected chi connectivity index (χ2v) is 4.72. The van der Waals surface area contributed by atoms with Crippen molar-refractivity contribution in [2.24, 2.45) is 0 Å². The molecule has 1 aliphatic rings. The molecule has 16 heavy (non-hydrogen) atoms. The fourth-order valence-electron chi connectivity index (χ4n) is 1.77. The molecular formula is C13H21N3. The van der Waals surface area contributed by atoms with Gasteiger partial charge in [-0.2, -0.15) is 0 Å². The van der Waals surface area contributed by atoms with Crippen LogP contribution < -0.4 is 5.32 Å². The van der Waals surface area contributed by atoms with Gasteiger partial charge in [0.05, 0.1) is 5.69 Å². The molecule has 0 aliphatic heterocycles. The van der Waals surface area contributed by atoms with E-state index in [0.717, 1.165) is 31.4 Å². The Morgan fingerprint density at radius 2 is 2.25 bits per heavy atom. The van der Waals surface area contributed by atoms with Gasteiger partial charge in [0.2, 0.25) is 0 Å². The largest absolute Gasteiger partial charge is 0.310 e. The van der Waals surface area contributed by atoms with Gasteiger partial charge in [0.25, 0.3) is 0 Å². The molecule has 1 aromatic heterocycles. The van der Waals surface area contributed by atoms with Gasteiger partial charge in [-0.15, -0.1) is 0 Å². The second-order valence-electron chi connectivity index (χ2n) is 4.72. The smallest absolute Gasteiger partial charge is 0.0541 e. The van der Waals surface area contributed by atoms with Gasteiger partial charge in [-0.25, -0.2) is 0 Å². The molecule has 0 bridgehead atoms. The normalized spacial score (nSPS) is 15.7. The third kappa shape index (κ3) is 3.58. The molecular weight excluding hydrogens is 198 g/mol. The Hall–Kier alpha value is -0.930. The average molecular weight is 219 g/mol. The summed E-state index contributed by atoms with van der Waals surface area (Å²) in [6.07, 6.45) is 4.69. The summed E-state index contributed by atoms with van der Waals surface area (Å²) in [5.41, 5.74) is 2.34. The molecule has 3 nitrogen and oxygen atoms in total.